The highest BCUT2D eigenvalue weighted by Crippen LogP contribution is 2.45. The third kappa shape index (κ3) is 9.89. The molecule has 0 spiro atoms. The number of nitrogens with zero attached hydrogens (tertiary/aromatic N) is 2. The number of ether oxygens (including phenoxy) is 3. The molecule has 2 saturated carbocycles. The average Bonchev–Trinajstić information content (AvgIpc) is 4.00. The highest BCUT2D eigenvalue weighted by molar-refractivity contribution is 7.91. The summed E-state index contributed by atoms with van der Waals surface area (Å²) in [6.45, 7) is 9.15. The third-order valence-corrected chi connectivity index (χ3v) is 11.3. The van der Waals surface area contributed by atoms with Gasteiger partial charge in [0.05, 0.1) is 18.3 Å². The number of carbonyl (C=O) groups excluding carboxylic acids is 6. The Morgan fingerprint density at radius 2 is 1.84 bits per heavy atom. The SMILES string of the molecule is C=C[C@@H]1C[C@]1(NC(=O)[C@@H]1C[C@@H](OC(=O)N2Cc3cccc(F)c3C2)CN1C(=O)[C@H](COC(=O)/C=C/C=C/C)NC(=O)OC(C)(C)C)C(=O)NS(=O)(=O)C1CC1. The first kappa shape index (κ1) is 40.9. The summed E-state index contributed by atoms with van der Waals surface area (Å²) in [7, 11) is -3.99. The van der Waals surface area contributed by atoms with Crippen LogP contribution in [0, 0.1) is 11.7 Å². The van der Waals surface area contributed by atoms with Gasteiger partial charge in [0.1, 0.15) is 41.8 Å². The molecule has 16 nitrogen and oxygen atoms in total. The quantitative estimate of drug-likeness (QED) is 0.0871. The second-order valence-corrected chi connectivity index (χ2v) is 16.8. The highest BCUT2D eigenvalue weighted by Gasteiger charge is 2.62. The van der Waals surface area contributed by atoms with Gasteiger partial charge in [0.25, 0.3) is 5.91 Å². The van der Waals surface area contributed by atoms with Crippen molar-refractivity contribution in [3.63, 3.8) is 0 Å². The number of rotatable bonds is 13. The third-order valence-electron chi connectivity index (χ3n) is 9.47. The number of esters is 1. The van der Waals surface area contributed by atoms with Gasteiger partial charge in [0.15, 0.2) is 0 Å². The van der Waals surface area contributed by atoms with Crippen LogP contribution in [0.2, 0.25) is 0 Å². The van der Waals surface area contributed by atoms with E-state index in [1.807, 2.05) is 0 Å². The van der Waals surface area contributed by atoms with Crippen LogP contribution in [0.25, 0.3) is 0 Å². The van der Waals surface area contributed by atoms with Crippen LogP contribution < -0.4 is 15.4 Å². The fourth-order valence-electron chi connectivity index (χ4n) is 6.40. The maximum atomic E-state index is 14.4. The van der Waals surface area contributed by atoms with E-state index < -0.39 is 98.8 Å². The van der Waals surface area contributed by atoms with Crippen LogP contribution in [-0.4, -0.2) is 102 Å². The first-order valence-corrected chi connectivity index (χ1v) is 19.4. The van der Waals surface area contributed by atoms with Crippen LogP contribution in [0.4, 0.5) is 14.0 Å². The zero-order valence-corrected chi connectivity index (χ0v) is 31.9. The zero-order valence-electron chi connectivity index (χ0n) is 31.0. The molecule has 0 unspecified atom stereocenters. The van der Waals surface area contributed by atoms with Crippen molar-refractivity contribution in [2.45, 2.75) is 101 Å². The van der Waals surface area contributed by atoms with Crippen LogP contribution in [-0.2, 0) is 56.5 Å². The topological polar surface area (TPSA) is 207 Å². The summed E-state index contributed by atoms with van der Waals surface area (Å²) < 4.78 is 58.1. The highest BCUT2D eigenvalue weighted by atomic mass is 32.2. The van der Waals surface area contributed by atoms with E-state index in [-0.39, 0.29) is 32.5 Å². The zero-order chi connectivity index (χ0) is 40.3. The van der Waals surface area contributed by atoms with E-state index in [9.17, 15) is 41.6 Å². The van der Waals surface area contributed by atoms with Crippen LogP contribution in [0.3, 0.4) is 0 Å². The Morgan fingerprint density at radius 1 is 1.11 bits per heavy atom. The minimum Gasteiger partial charge on any atom is -0.460 e. The molecule has 3 N–H and O–H groups in total. The minimum absolute atomic E-state index is 0.0267. The van der Waals surface area contributed by atoms with Crippen molar-refractivity contribution < 1.29 is 55.8 Å². The Kier molecular flexibility index (Phi) is 12.1. The lowest BCUT2D eigenvalue weighted by Crippen LogP contribution is -2.59. The summed E-state index contributed by atoms with van der Waals surface area (Å²) in [6.07, 6.45) is 4.70. The van der Waals surface area contributed by atoms with Crippen LogP contribution in [0.1, 0.15) is 64.5 Å². The molecule has 5 atom stereocenters. The van der Waals surface area contributed by atoms with Gasteiger partial charge in [0.2, 0.25) is 21.8 Å². The minimum atomic E-state index is -3.99. The number of carbonyl (C=O) groups is 6. The van der Waals surface area contributed by atoms with Gasteiger partial charge in [-0.1, -0.05) is 36.4 Å². The molecule has 1 aromatic carbocycles. The van der Waals surface area contributed by atoms with Gasteiger partial charge >= 0.3 is 18.2 Å². The van der Waals surface area contributed by atoms with Crippen LogP contribution >= 0.6 is 0 Å². The summed E-state index contributed by atoms with van der Waals surface area (Å²) in [5.41, 5.74) is -1.75. The van der Waals surface area contributed by atoms with Crippen molar-refractivity contribution in [1.82, 2.24) is 25.2 Å². The number of fused-ring (bicyclic) bond motifs is 1. The number of hydrogen-bond donors (Lipinski definition) is 3. The molecule has 4 aliphatic rings. The average molecular weight is 788 g/mol. The van der Waals surface area contributed by atoms with E-state index >= 15 is 0 Å². The first-order valence-electron chi connectivity index (χ1n) is 17.9. The molecule has 2 aliphatic carbocycles. The summed E-state index contributed by atoms with van der Waals surface area (Å²) in [6, 6.07) is 1.45. The maximum absolute atomic E-state index is 14.4. The van der Waals surface area contributed by atoms with Crippen molar-refractivity contribution >= 4 is 45.9 Å². The number of alkyl carbamates (subject to hydrolysis) is 1. The molecule has 5 amide bonds. The normalized spacial score (nSPS) is 23.8. The number of likely N-dealkylation sites (tertiary alicyclic amines) is 1. The van der Waals surface area contributed by atoms with E-state index in [0.717, 1.165) is 11.0 Å². The van der Waals surface area contributed by atoms with E-state index in [2.05, 4.69) is 21.9 Å². The van der Waals surface area contributed by atoms with Gasteiger partial charge in [-0.05, 0) is 58.6 Å². The van der Waals surface area contributed by atoms with E-state index in [4.69, 9.17) is 14.2 Å². The number of amides is 5. The molecule has 2 heterocycles. The van der Waals surface area contributed by atoms with Gasteiger partial charge in [-0.15, -0.1) is 6.58 Å². The largest absolute Gasteiger partial charge is 0.460 e. The molecule has 2 aliphatic heterocycles. The molecule has 0 aromatic heterocycles. The standard InChI is InChI=1S/C37H46FN5O11S/c1-6-8-9-13-30(44)52-21-28(39-34(48)54-36(3,4)5)32(46)43-19-24(53-35(49)42-18-22-11-10-12-27(38)26(22)20-42)16-29(43)31(45)40-37(17-23(37)7-2)33(47)41-55(50,51)25-14-15-25/h6-13,23-25,28-29H,2,14-21H2,1,3-5H3,(H,39,48)(H,40,45)(H,41,47)/b8-6+,13-9+/t23-,24-,28+,29+,37-/m1/s1. The van der Waals surface area contributed by atoms with Gasteiger partial charge in [-0.2, -0.15) is 0 Å². The Balaban J connectivity index is 1.39. The van der Waals surface area contributed by atoms with E-state index in [1.54, 1.807) is 45.9 Å². The van der Waals surface area contributed by atoms with Crippen LogP contribution in [0.15, 0.2) is 55.2 Å². The lowest BCUT2D eigenvalue weighted by Gasteiger charge is -2.30. The molecule has 55 heavy (non-hydrogen) atoms. The number of allylic oxidation sites excluding steroid dienone is 3. The predicted molar refractivity (Wildman–Crippen MR) is 193 cm³/mol. The van der Waals surface area contributed by atoms with E-state index in [0.29, 0.717) is 24.0 Å². The number of halogens is 1. The van der Waals surface area contributed by atoms with Crippen molar-refractivity contribution in [3.8, 4) is 0 Å². The second-order valence-electron chi connectivity index (χ2n) is 14.9. The van der Waals surface area contributed by atoms with Crippen LogP contribution in [0.5, 0.6) is 0 Å². The first-order chi connectivity index (χ1) is 25.9. The van der Waals surface area contributed by atoms with Gasteiger partial charge in [-0.25, -0.2) is 27.2 Å². The summed E-state index contributed by atoms with van der Waals surface area (Å²) >= 11 is 0. The molecular weight excluding hydrogens is 741 g/mol. The Hall–Kier alpha value is -5.26. The Morgan fingerprint density at radius 3 is 2.45 bits per heavy atom. The second kappa shape index (κ2) is 16.2. The van der Waals surface area contributed by atoms with Crippen molar-refractivity contribution in [2.75, 3.05) is 13.2 Å². The molecular formula is C37H46FN5O11S. The molecule has 298 valence electrons. The molecule has 3 fully saturated rings. The van der Waals surface area contributed by atoms with Crippen molar-refractivity contribution in [1.29, 1.82) is 0 Å². The van der Waals surface area contributed by atoms with Gasteiger partial charge in [-0.3, -0.25) is 24.0 Å². The lowest BCUT2D eigenvalue weighted by atomic mass is 10.1. The van der Waals surface area contributed by atoms with E-state index in [1.165, 1.54) is 29.2 Å². The Bertz CT molecular complexity index is 1910. The number of benzene rings is 1. The molecule has 1 saturated heterocycles. The number of nitrogens with one attached hydrogen (secondary N) is 3. The van der Waals surface area contributed by atoms with Crippen molar-refractivity contribution in [3.05, 3.63) is 72.1 Å². The van der Waals surface area contributed by atoms with Crippen molar-refractivity contribution in [2.24, 2.45) is 5.92 Å². The molecule has 5 rings (SSSR count). The molecule has 18 heteroatoms. The lowest BCUT2D eigenvalue weighted by molar-refractivity contribution is -0.145. The Labute approximate surface area is 318 Å². The molecule has 0 bridgehead atoms. The summed E-state index contributed by atoms with van der Waals surface area (Å²) in [5.74, 6) is -4.72. The van der Waals surface area contributed by atoms with Gasteiger partial charge in [0, 0.05) is 30.5 Å². The fraction of sp³-hybridized carbons (Fsp3) is 0.514. The number of sulfonamides is 1. The monoisotopic (exact) mass is 787 g/mol. The fourth-order valence-corrected chi connectivity index (χ4v) is 7.77. The molecule has 0 radical (unpaired) electrons. The summed E-state index contributed by atoms with van der Waals surface area (Å²) in [4.78, 5) is 82.8. The van der Waals surface area contributed by atoms with Gasteiger partial charge < -0.3 is 29.7 Å². The maximum Gasteiger partial charge on any atom is 0.410 e. The predicted octanol–water partition coefficient (Wildman–Crippen LogP) is 2.49. The molecule has 1 aromatic rings. The summed E-state index contributed by atoms with van der Waals surface area (Å²) in [5, 5.41) is 4.30. The smallest absolute Gasteiger partial charge is 0.410 e. The number of hydrogen-bond acceptors (Lipinski definition) is 11.